The highest BCUT2D eigenvalue weighted by Crippen LogP contribution is 2.40. The van der Waals surface area contributed by atoms with Crippen molar-refractivity contribution in [1.82, 2.24) is 14.3 Å². The van der Waals surface area contributed by atoms with Crippen molar-refractivity contribution in [1.29, 1.82) is 0 Å². The lowest BCUT2D eigenvalue weighted by Gasteiger charge is -2.33. The monoisotopic (exact) mass is 299 g/mol. The van der Waals surface area contributed by atoms with E-state index in [-0.39, 0.29) is 11.8 Å². The molecule has 116 valence electrons. The molecule has 2 fully saturated rings. The molecule has 3 heterocycles. The molecule has 1 amide bonds. The minimum absolute atomic E-state index is 0.0541. The molecule has 0 bridgehead atoms. The number of rotatable bonds is 2. The van der Waals surface area contributed by atoms with Gasteiger partial charge in [0.05, 0.1) is 11.6 Å². The summed E-state index contributed by atoms with van der Waals surface area (Å²) in [6, 6.07) is 5.87. The summed E-state index contributed by atoms with van der Waals surface area (Å²) in [5, 5.41) is 10.0. The van der Waals surface area contributed by atoms with Gasteiger partial charge in [0, 0.05) is 25.2 Å². The number of imidazole rings is 1. The van der Waals surface area contributed by atoms with Gasteiger partial charge >= 0.3 is 0 Å². The highest BCUT2D eigenvalue weighted by molar-refractivity contribution is 5.99. The predicted octanol–water partition coefficient (Wildman–Crippen LogP) is 2.05. The van der Waals surface area contributed by atoms with Crippen LogP contribution in [-0.4, -0.2) is 44.5 Å². The number of pyridine rings is 1. The van der Waals surface area contributed by atoms with Crippen LogP contribution in [0.25, 0.3) is 5.52 Å². The Labute approximate surface area is 129 Å². The van der Waals surface area contributed by atoms with Gasteiger partial charge in [-0.15, -0.1) is 0 Å². The summed E-state index contributed by atoms with van der Waals surface area (Å²) < 4.78 is 2.05. The van der Waals surface area contributed by atoms with Crippen LogP contribution in [0, 0.1) is 5.92 Å². The summed E-state index contributed by atoms with van der Waals surface area (Å²) in [6.07, 6.45) is 4.70. The van der Waals surface area contributed by atoms with Crippen LogP contribution in [0.2, 0.25) is 0 Å². The number of hydrogen-bond acceptors (Lipinski definition) is 3. The van der Waals surface area contributed by atoms with Gasteiger partial charge in [0.2, 0.25) is 0 Å². The minimum Gasteiger partial charge on any atom is -0.391 e. The van der Waals surface area contributed by atoms with E-state index < -0.39 is 6.10 Å². The van der Waals surface area contributed by atoms with Gasteiger partial charge in [-0.25, -0.2) is 4.98 Å². The number of aromatic nitrogens is 2. The standard InChI is InChI=1S/C17H21N3O2/c1-11-7-9-19(10-14(11)21)17(22)15-13-4-2-3-8-20(13)16(18-15)12-5-6-12/h2-4,8,11-12,14,21H,5-7,9-10H2,1H3. The Morgan fingerprint density at radius 2 is 2.14 bits per heavy atom. The first kappa shape index (κ1) is 13.8. The first-order valence-electron chi connectivity index (χ1n) is 8.09. The molecular weight excluding hydrogens is 278 g/mol. The van der Waals surface area contributed by atoms with Crippen LogP contribution in [0.4, 0.5) is 0 Å². The van der Waals surface area contributed by atoms with Crippen LogP contribution in [0.5, 0.6) is 0 Å². The molecular formula is C17H21N3O2. The van der Waals surface area contributed by atoms with E-state index in [2.05, 4.69) is 4.98 Å². The number of aliphatic hydroxyl groups excluding tert-OH is 1. The minimum atomic E-state index is -0.436. The second-order valence-electron chi connectivity index (χ2n) is 6.63. The highest BCUT2D eigenvalue weighted by Gasteiger charge is 2.33. The second kappa shape index (κ2) is 5.09. The largest absolute Gasteiger partial charge is 0.391 e. The Morgan fingerprint density at radius 1 is 1.32 bits per heavy atom. The molecule has 1 N–H and O–H groups in total. The van der Waals surface area contributed by atoms with Crippen LogP contribution < -0.4 is 0 Å². The van der Waals surface area contributed by atoms with Crippen LogP contribution in [0.1, 0.15) is 48.4 Å². The number of carbonyl (C=O) groups excluding carboxylic acids is 1. The number of fused-ring (bicyclic) bond motifs is 1. The Balaban J connectivity index is 1.70. The molecule has 2 aromatic heterocycles. The van der Waals surface area contributed by atoms with Gasteiger partial charge in [-0.2, -0.15) is 0 Å². The van der Waals surface area contributed by atoms with Crippen LogP contribution in [-0.2, 0) is 0 Å². The Hall–Kier alpha value is -1.88. The number of β-amino-alcohol motifs (C(OH)–C–C–N with tert-alkyl or cyclic N) is 1. The van der Waals surface area contributed by atoms with Gasteiger partial charge in [-0.05, 0) is 37.3 Å². The lowest BCUT2D eigenvalue weighted by Crippen LogP contribution is -2.46. The van der Waals surface area contributed by atoms with E-state index in [0.29, 0.717) is 24.7 Å². The van der Waals surface area contributed by atoms with Crippen molar-refractivity contribution in [2.75, 3.05) is 13.1 Å². The maximum Gasteiger partial charge on any atom is 0.274 e. The quantitative estimate of drug-likeness (QED) is 0.923. The Bertz CT molecular complexity index is 720. The lowest BCUT2D eigenvalue weighted by atomic mass is 9.96. The predicted molar refractivity (Wildman–Crippen MR) is 82.9 cm³/mol. The zero-order valence-corrected chi connectivity index (χ0v) is 12.8. The molecule has 0 aromatic carbocycles. The number of aliphatic hydroxyl groups is 1. The third-order valence-corrected chi connectivity index (χ3v) is 4.93. The molecule has 0 radical (unpaired) electrons. The first-order valence-corrected chi connectivity index (χ1v) is 8.09. The zero-order valence-electron chi connectivity index (χ0n) is 12.8. The van der Waals surface area contributed by atoms with E-state index in [1.807, 2.05) is 35.7 Å². The molecule has 1 saturated carbocycles. The number of nitrogens with zero attached hydrogens (tertiary/aromatic N) is 3. The van der Waals surface area contributed by atoms with Crippen molar-refractivity contribution in [3.8, 4) is 0 Å². The summed E-state index contributed by atoms with van der Waals surface area (Å²) in [5.74, 6) is 1.69. The Kier molecular flexibility index (Phi) is 3.18. The van der Waals surface area contributed by atoms with Crippen LogP contribution in [0.15, 0.2) is 24.4 Å². The fourth-order valence-electron chi connectivity index (χ4n) is 3.23. The van der Waals surface area contributed by atoms with Crippen LogP contribution >= 0.6 is 0 Å². The molecule has 22 heavy (non-hydrogen) atoms. The van der Waals surface area contributed by atoms with E-state index in [0.717, 1.165) is 30.6 Å². The molecule has 5 nitrogen and oxygen atoms in total. The average Bonchev–Trinajstić information content (AvgIpc) is 3.30. The molecule has 1 aliphatic heterocycles. The van der Waals surface area contributed by atoms with Crippen molar-refractivity contribution in [3.05, 3.63) is 35.9 Å². The molecule has 2 atom stereocenters. The van der Waals surface area contributed by atoms with Gasteiger partial charge < -0.3 is 14.4 Å². The van der Waals surface area contributed by atoms with E-state index >= 15 is 0 Å². The third kappa shape index (κ3) is 2.20. The van der Waals surface area contributed by atoms with Gasteiger partial charge in [-0.1, -0.05) is 13.0 Å². The van der Waals surface area contributed by atoms with E-state index in [9.17, 15) is 9.90 Å². The molecule has 0 spiro atoms. The molecule has 5 heteroatoms. The zero-order chi connectivity index (χ0) is 15.3. The number of piperidine rings is 1. The summed E-state index contributed by atoms with van der Waals surface area (Å²) in [7, 11) is 0. The first-order chi connectivity index (χ1) is 10.6. The van der Waals surface area contributed by atoms with E-state index in [1.54, 1.807) is 4.90 Å². The second-order valence-corrected chi connectivity index (χ2v) is 6.63. The van der Waals surface area contributed by atoms with Crippen molar-refractivity contribution < 1.29 is 9.90 Å². The topological polar surface area (TPSA) is 57.8 Å². The van der Waals surface area contributed by atoms with Crippen LogP contribution in [0.3, 0.4) is 0 Å². The number of carbonyl (C=O) groups is 1. The van der Waals surface area contributed by atoms with Gasteiger partial charge in [0.25, 0.3) is 5.91 Å². The number of amides is 1. The maximum absolute atomic E-state index is 12.9. The van der Waals surface area contributed by atoms with Crippen molar-refractivity contribution in [3.63, 3.8) is 0 Å². The smallest absolute Gasteiger partial charge is 0.274 e. The van der Waals surface area contributed by atoms with Gasteiger partial charge in [0.15, 0.2) is 5.69 Å². The fourth-order valence-corrected chi connectivity index (χ4v) is 3.23. The lowest BCUT2D eigenvalue weighted by molar-refractivity contribution is 0.0246. The number of hydrogen-bond donors (Lipinski definition) is 1. The summed E-state index contributed by atoms with van der Waals surface area (Å²) in [6.45, 7) is 3.13. The SMILES string of the molecule is CC1CCN(C(=O)c2nc(C3CC3)n3ccccc23)CC1O. The van der Waals surface area contributed by atoms with Crippen molar-refractivity contribution in [2.24, 2.45) is 5.92 Å². The van der Waals surface area contributed by atoms with Crippen molar-refractivity contribution >= 4 is 11.4 Å². The normalized spacial score (nSPS) is 25.6. The number of likely N-dealkylation sites (tertiary alicyclic amines) is 1. The molecule has 4 rings (SSSR count). The fraction of sp³-hybridized carbons (Fsp3) is 0.529. The molecule has 2 aliphatic rings. The van der Waals surface area contributed by atoms with Gasteiger partial charge in [0.1, 0.15) is 5.82 Å². The maximum atomic E-state index is 12.9. The molecule has 2 unspecified atom stereocenters. The van der Waals surface area contributed by atoms with Crippen molar-refractivity contribution in [2.45, 2.75) is 38.2 Å². The molecule has 1 aliphatic carbocycles. The van der Waals surface area contributed by atoms with E-state index in [4.69, 9.17) is 0 Å². The molecule has 2 aromatic rings. The Morgan fingerprint density at radius 3 is 2.86 bits per heavy atom. The highest BCUT2D eigenvalue weighted by atomic mass is 16.3. The summed E-state index contributed by atoms with van der Waals surface area (Å²) >= 11 is 0. The average molecular weight is 299 g/mol. The van der Waals surface area contributed by atoms with E-state index in [1.165, 1.54) is 0 Å². The summed E-state index contributed by atoms with van der Waals surface area (Å²) in [5.41, 5.74) is 1.41. The third-order valence-electron chi connectivity index (χ3n) is 4.93. The summed E-state index contributed by atoms with van der Waals surface area (Å²) in [4.78, 5) is 19.3. The molecule has 1 saturated heterocycles. The van der Waals surface area contributed by atoms with Gasteiger partial charge in [-0.3, -0.25) is 4.79 Å².